The smallest absolute Gasteiger partial charge is 0.124 e. The molecule has 0 aliphatic rings. The molecule has 0 aliphatic carbocycles. The molecule has 0 aliphatic heterocycles. The predicted molar refractivity (Wildman–Crippen MR) is 154 cm³/mol. The Labute approximate surface area is 218 Å². The summed E-state index contributed by atoms with van der Waals surface area (Å²) in [6, 6.07) is 40.2. The SMILES string of the molecule is c1cncc(-c2cc(-c3cccc4ccccc34)cc(-c3ccc(-c4nc5ccccc5s4)cc3)n2)c1. The topological polar surface area (TPSA) is 38.7 Å². The van der Waals surface area contributed by atoms with Gasteiger partial charge in [-0.3, -0.25) is 4.98 Å². The van der Waals surface area contributed by atoms with Gasteiger partial charge in [0.1, 0.15) is 5.01 Å². The molecule has 0 amide bonds. The second-order valence-corrected chi connectivity index (χ2v) is 9.99. The Kier molecular flexibility index (Phi) is 5.30. The van der Waals surface area contributed by atoms with Crippen molar-refractivity contribution < 1.29 is 0 Å². The molecular formula is C33H21N3S. The molecule has 0 radical (unpaired) electrons. The molecule has 37 heavy (non-hydrogen) atoms. The second kappa shape index (κ2) is 9.08. The summed E-state index contributed by atoms with van der Waals surface area (Å²) in [4.78, 5) is 14.2. The van der Waals surface area contributed by atoms with Crippen LogP contribution in [0.25, 0.3) is 65.2 Å². The zero-order chi connectivity index (χ0) is 24.6. The first-order valence-corrected chi connectivity index (χ1v) is 13.0. The van der Waals surface area contributed by atoms with Crippen molar-refractivity contribution in [2.75, 3.05) is 0 Å². The van der Waals surface area contributed by atoms with E-state index in [9.17, 15) is 0 Å². The quantitative estimate of drug-likeness (QED) is 0.247. The van der Waals surface area contributed by atoms with Crippen LogP contribution in [0.3, 0.4) is 0 Å². The molecule has 7 aromatic rings. The minimum absolute atomic E-state index is 0.906. The first-order chi connectivity index (χ1) is 18.3. The largest absolute Gasteiger partial charge is 0.264 e. The fourth-order valence-electron chi connectivity index (χ4n) is 4.75. The van der Waals surface area contributed by atoms with E-state index in [4.69, 9.17) is 9.97 Å². The second-order valence-electron chi connectivity index (χ2n) is 8.96. The minimum atomic E-state index is 0.906. The number of para-hydroxylation sites is 1. The zero-order valence-electron chi connectivity index (χ0n) is 19.9. The molecule has 7 rings (SSSR count). The number of thiazole rings is 1. The molecule has 3 nitrogen and oxygen atoms in total. The van der Waals surface area contributed by atoms with Gasteiger partial charge in [0.15, 0.2) is 0 Å². The molecule has 4 heteroatoms. The van der Waals surface area contributed by atoms with Crippen molar-refractivity contribution in [2.45, 2.75) is 0 Å². The maximum atomic E-state index is 5.06. The van der Waals surface area contributed by atoms with Crippen molar-refractivity contribution in [1.29, 1.82) is 0 Å². The van der Waals surface area contributed by atoms with Crippen LogP contribution >= 0.6 is 11.3 Å². The van der Waals surface area contributed by atoms with Gasteiger partial charge in [-0.1, -0.05) is 78.9 Å². The van der Waals surface area contributed by atoms with Gasteiger partial charge < -0.3 is 0 Å². The van der Waals surface area contributed by atoms with Crippen molar-refractivity contribution in [1.82, 2.24) is 15.0 Å². The maximum absolute atomic E-state index is 5.06. The third-order valence-corrected chi connectivity index (χ3v) is 7.69. The lowest BCUT2D eigenvalue weighted by Gasteiger charge is -2.12. The van der Waals surface area contributed by atoms with Crippen molar-refractivity contribution >= 4 is 32.3 Å². The van der Waals surface area contributed by atoms with Gasteiger partial charge in [0.05, 0.1) is 21.6 Å². The average molecular weight is 492 g/mol. The summed E-state index contributed by atoms with van der Waals surface area (Å²) >= 11 is 1.72. The molecule has 174 valence electrons. The van der Waals surface area contributed by atoms with Crippen LogP contribution in [0.5, 0.6) is 0 Å². The Morgan fingerprint density at radius 3 is 2.14 bits per heavy atom. The molecule has 0 bridgehead atoms. The molecule has 3 heterocycles. The molecule has 0 atom stereocenters. The Morgan fingerprint density at radius 2 is 1.30 bits per heavy atom. The number of nitrogens with zero attached hydrogens (tertiary/aromatic N) is 3. The van der Waals surface area contributed by atoms with Gasteiger partial charge in [-0.2, -0.15) is 0 Å². The number of rotatable bonds is 4. The highest BCUT2D eigenvalue weighted by Crippen LogP contribution is 2.35. The summed E-state index contributed by atoms with van der Waals surface area (Å²) < 4.78 is 1.20. The molecule has 0 saturated carbocycles. The third kappa shape index (κ3) is 4.07. The van der Waals surface area contributed by atoms with Gasteiger partial charge in [0.2, 0.25) is 0 Å². The fraction of sp³-hybridized carbons (Fsp3) is 0. The normalized spacial score (nSPS) is 11.2. The van der Waals surface area contributed by atoms with Crippen LogP contribution in [0.1, 0.15) is 0 Å². The van der Waals surface area contributed by atoms with Crippen LogP contribution in [-0.2, 0) is 0 Å². The van der Waals surface area contributed by atoms with Crippen LogP contribution in [0.15, 0.2) is 128 Å². The lowest BCUT2D eigenvalue weighted by atomic mass is 9.96. The number of hydrogen-bond donors (Lipinski definition) is 0. The van der Waals surface area contributed by atoms with Crippen LogP contribution in [0.4, 0.5) is 0 Å². The Balaban J connectivity index is 1.36. The summed E-state index contributed by atoms with van der Waals surface area (Å²) in [6.07, 6.45) is 3.66. The van der Waals surface area contributed by atoms with E-state index < -0.39 is 0 Å². The van der Waals surface area contributed by atoms with E-state index in [1.54, 1.807) is 17.5 Å². The lowest BCUT2D eigenvalue weighted by molar-refractivity contribution is 1.28. The average Bonchev–Trinajstić information content (AvgIpc) is 3.42. The van der Waals surface area contributed by atoms with Crippen molar-refractivity contribution in [3.05, 3.63) is 128 Å². The Hall–Kier alpha value is -4.67. The van der Waals surface area contributed by atoms with Crippen molar-refractivity contribution in [3.8, 4) is 44.2 Å². The van der Waals surface area contributed by atoms with Gasteiger partial charge in [-0.15, -0.1) is 11.3 Å². The number of fused-ring (bicyclic) bond motifs is 2. The number of aromatic nitrogens is 3. The molecule has 4 aromatic carbocycles. The molecule has 0 fully saturated rings. The molecule has 0 saturated heterocycles. The molecule has 0 spiro atoms. The highest BCUT2D eigenvalue weighted by atomic mass is 32.1. The Bertz CT molecular complexity index is 1830. The summed E-state index contributed by atoms with van der Waals surface area (Å²) in [7, 11) is 0. The standard InChI is InChI=1S/C33H21N3S/c1-2-10-27-22(7-1)8-5-11-28(27)26-19-30(35-31(20-26)25-9-6-18-34-21-25)23-14-16-24(17-15-23)33-36-29-12-3-4-13-32(29)37-33/h1-21H. The number of hydrogen-bond acceptors (Lipinski definition) is 4. The predicted octanol–water partition coefficient (Wildman–Crippen LogP) is 8.91. The molecule has 0 unspecified atom stereocenters. The van der Waals surface area contributed by atoms with E-state index in [2.05, 4.69) is 108 Å². The van der Waals surface area contributed by atoms with Crippen LogP contribution in [0.2, 0.25) is 0 Å². The van der Waals surface area contributed by atoms with Crippen LogP contribution in [-0.4, -0.2) is 15.0 Å². The Morgan fingerprint density at radius 1 is 0.541 bits per heavy atom. The fourth-order valence-corrected chi connectivity index (χ4v) is 5.72. The summed E-state index contributed by atoms with van der Waals surface area (Å²) in [6.45, 7) is 0. The monoisotopic (exact) mass is 491 g/mol. The van der Waals surface area contributed by atoms with Gasteiger partial charge >= 0.3 is 0 Å². The van der Waals surface area contributed by atoms with Crippen LogP contribution < -0.4 is 0 Å². The number of benzene rings is 4. The first kappa shape index (κ1) is 21.6. The van der Waals surface area contributed by atoms with Gasteiger partial charge in [-0.05, 0) is 58.3 Å². The van der Waals surface area contributed by atoms with Gasteiger partial charge in [-0.25, -0.2) is 9.97 Å². The van der Waals surface area contributed by atoms with E-state index in [1.807, 2.05) is 18.3 Å². The molecular weight excluding hydrogens is 470 g/mol. The van der Waals surface area contributed by atoms with Crippen molar-refractivity contribution in [3.63, 3.8) is 0 Å². The first-order valence-electron chi connectivity index (χ1n) is 12.2. The van der Waals surface area contributed by atoms with E-state index in [-0.39, 0.29) is 0 Å². The van der Waals surface area contributed by atoms with Gasteiger partial charge in [0.25, 0.3) is 0 Å². The third-order valence-electron chi connectivity index (χ3n) is 6.60. The molecule has 3 aromatic heterocycles. The minimum Gasteiger partial charge on any atom is -0.264 e. The van der Waals surface area contributed by atoms with E-state index >= 15 is 0 Å². The molecule has 0 N–H and O–H groups in total. The van der Waals surface area contributed by atoms with Crippen LogP contribution in [0, 0.1) is 0 Å². The van der Waals surface area contributed by atoms with Crippen molar-refractivity contribution in [2.24, 2.45) is 0 Å². The van der Waals surface area contributed by atoms with E-state index in [0.29, 0.717) is 0 Å². The highest BCUT2D eigenvalue weighted by molar-refractivity contribution is 7.21. The summed E-state index contributed by atoms with van der Waals surface area (Å²) in [5.41, 5.74) is 8.38. The summed E-state index contributed by atoms with van der Waals surface area (Å²) in [5, 5.41) is 3.48. The van der Waals surface area contributed by atoms with Gasteiger partial charge in [0, 0.05) is 29.1 Å². The maximum Gasteiger partial charge on any atom is 0.124 e. The highest BCUT2D eigenvalue weighted by Gasteiger charge is 2.12. The number of pyridine rings is 2. The van der Waals surface area contributed by atoms with E-state index in [1.165, 1.54) is 21.0 Å². The summed E-state index contributed by atoms with van der Waals surface area (Å²) in [5.74, 6) is 0. The zero-order valence-corrected chi connectivity index (χ0v) is 20.7. The lowest BCUT2D eigenvalue weighted by Crippen LogP contribution is -1.92. The van der Waals surface area contributed by atoms with E-state index in [0.717, 1.165) is 44.2 Å².